The lowest BCUT2D eigenvalue weighted by Crippen LogP contribution is -2.46. The minimum absolute atomic E-state index is 0.0732. The van der Waals surface area contributed by atoms with Gasteiger partial charge >= 0.3 is 0 Å². The molecule has 2 aliphatic heterocycles. The molecule has 0 aliphatic carbocycles. The molecule has 104 valence electrons. The van der Waals surface area contributed by atoms with E-state index in [1.807, 2.05) is 4.90 Å². The predicted molar refractivity (Wildman–Crippen MR) is 74.8 cm³/mol. The fraction of sp³-hybridized carbons (Fsp3) is 0.500. The zero-order chi connectivity index (χ0) is 13.7. The van der Waals surface area contributed by atoms with Crippen molar-refractivity contribution >= 4 is 23.0 Å². The van der Waals surface area contributed by atoms with Crippen molar-refractivity contribution in [3.8, 4) is 0 Å². The van der Waals surface area contributed by atoms with Crippen molar-refractivity contribution in [3.05, 3.63) is 30.4 Å². The number of fused-ring (bicyclic) bond motifs is 3. The molecule has 2 fully saturated rings. The average molecular weight is 291 g/mol. The van der Waals surface area contributed by atoms with Crippen molar-refractivity contribution in [2.45, 2.75) is 43.1 Å². The molecule has 2 saturated heterocycles. The van der Waals surface area contributed by atoms with Crippen LogP contribution < -0.4 is 0 Å². The molecule has 2 atom stereocenters. The number of aromatic nitrogens is 3. The first-order valence-corrected chi connectivity index (χ1v) is 7.42. The molecule has 2 aliphatic rings. The Morgan fingerprint density at radius 2 is 2.00 bits per heavy atom. The summed E-state index contributed by atoms with van der Waals surface area (Å²) >= 11 is 6.27. The molecule has 0 N–H and O–H groups in total. The molecule has 0 saturated carbocycles. The summed E-state index contributed by atoms with van der Waals surface area (Å²) in [7, 11) is 0. The van der Waals surface area contributed by atoms with E-state index >= 15 is 0 Å². The highest BCUT2D eigenvalue weighted by Crippen LogP contribution is 2.38. The summed E-state index contributed by atoms with van der Waals surface area (Å²) in [5, 5.41) is 4.43. The van der Waals surface area contributed by atoms with Crippen LogP contribution in [-0.2, 0) is 0 Å². The molecule has 2 unspecified atom stereocenters. The van der Waals surface area contributed by atoms with Gasteiger partial charge in [0.25, 0.3) is 5.91 Å². The Labute approximate surface area is 121 Å². The number of halogens is 1. The largest absolute Gasteiger partial charge is 0.332 e. The Hall–Kier alpha value is -1.62. The number of hydrogen-bond donors (Lipinski definition) is 0. The highest BCUT2D eigenvalue weighted by atomic mass is 35.5. The molecule has 2 aromatic rings. The quantitative estimate of drug-likeness (QED) is 0.756. The van der Waals surface area contributed by atoms with Crippen molar-refractivity contribution in [3.63, 3.8) is 0 Å². The standard InChI is InChI=1S/C14H15ClN4O/c15-9-5-10-1-2-11(6-9)19(10)14(20)12-7-17-18-4-3-16-8-13(12)18/h3-4,7-11H,1-2,5-6H2. The Bertz CT molecular complexity index is 656. The monoisotopic (exact) mass is 290 g/mol. The van der Waals surface area contributed by atoms with Gasteiger partial charge in [0.15, 0.2) is 0 Å². The van der Waals surface area contributed by atoms with E-state index in [2.05, 4.69) is 10.1 Å². The number of carbonyl (C=O) groups is 1. The number of piperidine rings is 1. The van der Waals surface area contributed by atoms with Crippen molar-refractivity contribution < 1.29 is 4.79 Å². The summed E-state index contributed by atoms with van der Waals surface area (Å²) in [6.45, 7) is 0. The number of rotatable bonds is 1. The van der Waals surface area contributed by atoms with Gasteiger partial charge in [-0.2, -0.15) is 5.10 Å². The third-order valence-corrected chi connectivity index (χ3v) is 4.82. The van der Waals surface area contributed by atoms with E-state index in [1.165, 1.54) is 0 Å². The van der Waals surface area contributed by atoms with E-state index in [0.29, 0.717) is 5.56 Å². The highest BCUT2D eigenvalue weighted by Gasteiger charge is 2.43. The molecule has 2 bridgehead atoms. The zero-order valence-electron chi connectivity index (χ0n) is 10.9. The lowest BCUT2D eigenvalue weighted by molar-refractivity contribution is 0.0601. The van der Waals surface area contributed by atoms with Crippen molar-refractivity contribution in [1.82, 2.24) is 19.5 Å². The van der Waals surface area contributed by atoms with Crippen LogP contribution in [0.5, 0.6) is 0 Å². The lowest BCUT2D eigenvalue weighted by Gasteiger charge is -2.36. The molecule has 0 radical (unpaired) electrons. The van der Waals surface area contributed by atoms with E-state index in [9.17, 15) is 4.79 Å². The van der Waals surface area contributed by atoms with Crippen molar-refractivity contribution in [2.75, 3.05) is 0 Å². The number of hydrogen-bond acceptors (Lipinski definition) is 3. The minimum atomic E-state index is 0.0732. The van der Waals surface area contributed by atoms with Gasteiger partial charge in [-0.1, -0.05) is 0 Å². The van der Waals surface area contributed by atoms with Gasteiger partial charge in [-0.3, -0.25) is 9.78 Å². The molecular formula is C14H15ClN4O. The summed E-state index contributed by atoms with van der Waals surface area (Å²) in [6.07, 6.45) is 10.7. The summed E-state index contributed by atoms with van der Waals surface area (Å²) in [5.74, 6) is 0.0732. The molecule has 4 rings (SSSR count). The first-order chi connectivity index (χ1) is 9.74. The number of nitrogens with zero attached hydrogens (tertiary/aromatic N) is 4. The number of alkyl halides is 1. The second kappa shape index (κ2) is 4.45. The van der Waals surface area contributed by atoms with Crippen LogP contribution in [-0.4, -0.2) is 42.9 Å². The van der Waals surface area contributed by atoms with Gasteiger partial charge in [0, 0.05) is 29.9 Å². The Kier molecular flexibility index (Phi) is 2.70. The molecule has 2 aromatic heterocycles. The molecular weight excluding hydrogens is 276 g/mol. The smallest absolute Gasteiger partial charge is 0.258 e. The van der Waals surface area contributed by atoms with Crippen LogP contribution in [0.1, 0.15) is 36.0 Å². The summed E-state index contributed by atoms with van der Waals surface area (Å²) in [6, 6.07) is 0.575. The molecule has 5 nitrogen and oxygen atoms in total. The SMILES string of the molecule is O=C(c1cnn2ccncc12)N1C2CCC1CC(Cl)C2. The van der Waals surface area contributed by atoms with Gasteiger partial charge < -0.3 is 4.90 Å². The fourth-order valence-electron chi connectivity index (χ4n) is 3.58. The second-order valence-electron chi connectivity index (χ2n) is 5.63. The van der Waals surface area contributed by atoms with Crippen molar-refractivity contribution in [1.29, 1.82) is 0 Å². The first-order valence-electron chi connectivity index (χ1n) is 6.98. The third kappa shape index (κ3) is 1.73. The van der Waals surface area contributed by atoms with Crippen LogP contribution in [0.2, 0.25) is 0 Å². The predicted octanol–water partition coefficient (Wildman–Crippen LogP) is 2.10. The van der Waals surface area contributed by atoms with Crippen LogP contribution in [0, 0.1) is 0 Å². The Morgan fingerprint density at radius 3 is 2.75 bits per heavy atom. The fourth-order valence-corrected chi connectivity index (χ4v) is 3.99. The van der Waals surface area contributed by atoms with E-state index in [4.69, 9.17) is 11.6 Å². The molecule has 0 spiro atoms. The third-order valence-electron chi connectivity index (χ3n) is 4.47. The van der Waals surface area contributed by atoms with E-state index < -0.39 is 0 Å². The Morgan fingerprint density at radius 1 is 1.25 bits per heavy atom. The summed E-state index contributed by atoms with van der Waals surface area (Å²) in [4.78, 5) is 19.0. The first kappa shape index (κ1) is 12.1. The van der Waals surface area contributed by atoms with Crippen LogP contribution in [0.25, 0.3) is 5.52 Å². The normalized spacial score (nSPS) is 29.1. The van der Waals surface area contributed by atoms with Crippen LogP contribution in [0.3, 0.4) is 0 Å². The highest BCUT2D eigenvalue weighted by molar-refractivity contribution is 6.20. The van der Waals surface area contributed by atoms with Crippen LogP contribution >= 0.6 is 11.6 Å². The van der Waals surface area contributed by atoms with E-state index in [0.717, 1.165) is 31.2 Å². The summed E-state index contributed by atoms with van der Waals surface area (Å²) in [5.41, 5.74) is 1.41. The molecule has 0 aromatic carbocycles. The van der Waals surface area contributed by atoms with Gasteiger partial charge in [0.05, 0.1) is 23.5 Å². The minimum Gasteiger partial charge on any atom is -0.332 e. The van der Waals surface area contributed by atoms with Crippen LogP contribution in [0.15, 0.2) is 24.8 Å². The topological polar surface area (TPSA) is 50.5 Å². The average Bonchev–Trinajstić information content (AvgIpc) is 2.98. The maximum Gasteiger partial charge on any atom is 0.258 e. The van der Waals surface area contributed by atoms with E-state index in [-0.39, 0.29) is 23.4 Å². The molecule has 4 heterocycles. The molecule has 20 heavy (non-hydrogen) atoms. The number of carbonyl (C=O) groups excluding carboxylic acids is 1. The maximum absolute atomic E-state index is 12.8. The maximum atomic E-state index is 12.8. The second-order valence-corrected chi connectivity index (χ2v) is 6.25. The van der Waals surface area contributed by atoms with Gasteiger partial charge in [-0.05, 0) is 25.7 Å². The van der Waals surface area contributed by atoms with Gasteiger partial charge in [0.2, 0.25) is 0 Å². The van der Waals surface area contributed by atoms with Gasteiger partial charge in [0.1, 0.15) is 0 Å². The summed E-state index contributed by atoms with van der Waals surface area (Å²) < 4.78 is 1.69. The van der Waals surface area contributed by atoms with Crippen molar-refractivity contribution in [2.24, 2.45) is 0 Å². The van der Waals surface area contributed by atoms with E-state index in [1.54, 1.807) is 29.3 Å². The Balaban J connectivity index is 1.71. The van der Waals surface area contributed by atoms with Crippen LogP contribution in [0.4, 0.5) is 0 Å². The van der Waals surface area contributed by atoms with Gasteiger partial charge in [-0.25, -0.2) is 4.52 Å². The van der Waals surface area contributed by atoms with Gasteiger partial charge in [-0.15, -0.1) is 11.6 Å². The lowest BCUT2D eigenvalue weighted by atomic mass is 10.0. The zero-order valence-corrected chi connectivity index (χ0v) is 11.7. The molecule has 6 heteroatoms. The molecule has 1 amide bonds. The number of amides is 1.